The number of halogens is 2. The van der Waals surface area contributed by atoms with E-state index in [1.165, 1.54) is 32.9 Å². The maximum absolute atomic E-state index is 14.9. The van der Waals surface area contributed by atoms with Crippen molar-refractivity contribution in [3.05, 3.63) is 41.0 Å². The first-order valence-corrected chi connectivity index (χ1v) is 10.2. The zero-order valence-electron chi connectivity index (χ0n) is 16.5. The normalized spacial score (nSPS) is 13.6. The van der Waals surface area contributed by atoms with Crippen molar-refractivity contribution in [2.75, 3.05) is 13.2 Å². The molecule has 1 aromatic carbocycles. The molecule has 8 heteroatoms. The molecular weight excluding hydrogens is 377 g/mol. The van der Waals surface area contributed by atoms with Crippen LogP contribution in [0.1, 0.15) is 52.7 Å². The van der Waals surface area contributed by atoms with Crippen LogP contribution < -0.4 is 0 Å². The van der Waals surface area contributed by atoms with Crippen molar-refractivity contribution in [3.8, 4) is 0 Å². The Labute approximate surface area is 159 Å². The minimum Gasteiger partial charge on any atom is -0.457 e. The Bertz CT molecular complexity index is 728. The molecule has 0 fully saturated rings. The third-order valence-electron chi connectivity index (χ3n) is 3.28. The minimum absolute atomic E-state index is 0.176. The Kier molecular flexibility index (Phi) is 7.90. The standard InChI is InChI=1S/C19H27F2O5P/c1-7-24-27(23,25-8-2)19(20,21)16-11-9-10-15(13-16)12-14(3)17(22)26-18(4,5)6/h9-13H,7-8H2,1-6H3/b14-12+. The molecule has 0 N–H and O–H groups in total. The SMILES string of the molecule is CCOP(=O)(OCC)C(F)(F)c1cccc(/C=C(\C)C(=O)OC(C)(C)C)c1. The quantitative estimate of drug-likeness (QED) is 0.314. The molecule has 0 saturated carbocycles. The van der Waals surface area contributed by atoms with Gasteiger partial charge in [0.15, 0.2) is 0 Å². The molecule has 0 bridgehead atoms. The van der Waals surface area contributed by atoms with E-state index in [0.29, 0.717) is 5.56 Å². The van der Waals surface area contributed by atoms with Gasteiger partial charge >= 0.3 is 19.2 Å². The van der Waals surface area contributed by atoms with Crippen LogP contribution >= 0.6 is 7.60 Å². The maximum atomic E-state index is 14.9. The van der Waals surface area contributed by atoms with E-state index in [0.717, 1.165) is 12.1 Å². The number of esters is 1. The van der Waals surface area contributed by atoms with Crippen LogP contribution in [0.2, 0.25) is 0 Å². The van der Waals surface area contributed by atoms with Crippen LogP contribution in [0.3, 0.4) is 0 Å². The number of hydrogen-bond donors (Lipinski definition) is 0. The zero-order chi connectivity index (χ0) is 20.9. The Balaban J connectivity index is 3.22. The van der Waals surface area contributed by atoms with Crippen molar-refractivity contribution in [1.29, 1.82) is 0 Å². The van der Waals surface area contributed by atoms with Crippen LogP contribution in [0.15, 0.2) is 29.8 Å². The first-order chi connectivity index (χ1) is 12.4. The highest BCUT2D eigenvalue weighted by Crippen LogP contribution is 2.66. The van der Waals surface area contributed by atoms with Crippen molar-refractivity contribution in [1.82, 2.24) is 0 Å². The largest absolute Gasteiger partial charge is 0.457 e. The van der Waals surface area contributed by atoms with Gasteiger partial charge in [0.25, 0.3) is 0 Å². The van der Waals surface area contributed by atoms with Crippen LogP contribution in [-0.4, -0.2) is 24.8 Å². The van der Waals surface area contributed by atoms with E-state index in [1.54, 1.807) is 26.8 Å². The van der Waals surface area contributed by atoms with Crippen LogP contribution in [-0.2, 0) is 28.8 Å². The average Bonchev–Trinajstić information content (AvgIpc) is 2.53. The van der Waals surface area contributed by atoms with Gasteiger partial charge in [-0.1, -0.05) is 18.2 Å². The second-order valence-corrected chi connectivity index (χ2v) is 8.90. The van der Waals surface area contributed by atoms with Gasteiger partial charge in [-0.3, -0.25) is 4.57 Å². The molecular formula is C19H27F2O5P. The van der Waals surface area contributed by atoms with E-state index in [2.05, 4.69) is 0 Å². The summed E-state index contributed by atoms with van der Waals surface area (Å²) in [5.41, 5.74) is -4.41. The summed E-state index contributed by atoms with van der Waals surface area (Å²) in [6.45, 7) is 9.31. The summed E-state index contributed by atoms with van der Waals surface area (Å²) in [4.78, 5) is 12.1. The molecule has 0 aromatic heterocycles. The second-order valence-electron chi connectivity index (χ2n) is 6.83. The van der Waals surface area contributed by atoms with Crippen molar-refractivity contribution >= 4 is 19.6 Å². The highest BCUT2D eigenvalue weighted by Gasteiger charge is 2.54. The fourth-order valence-electron chi connectivity index (χ4n) is 2.18. The van der Waals surface area contributed by atoms with Gasteiger partial charge in [-0.15, -0.1) is 0 Å². The molecule has 0 saturated heterocycles. The topological polar surface area (TPSA) is 61.8 Å². The Morgan fingerprint density at radius 2 is 1.70 bits per heavy atom. The van der Waals surface area contributed by atoms with Gasteiger partial charge in [0.05, 0.1) is 13.2 Å². The molecule has 27 heavy (non-hydrogen) atoms. The Morgan fingerprint density at radius 3 is 2.19 bits per heavy atom. The summed E-state index contributed by atoms with van der Waals surface area (Å²) in [6, 6.07) is 5.24. The highest BCUT2D eigenvalue weighted by atomic mass is 31.2. The Morgan fingerprint density at radius 1 is 1.15 bits per heavy atom. The van der Waals surface area contributed by atoms with Gasteiger partial charge in [0.1, 0.15) is 5.60 Å². The summed E-state index contributed by atoms with van der Waals surface area (Å²) in [7, 11) is -4.69. The molecule has 5 nitrogen and oxygen atoms in total. The van der Waals surface area contributed by atoms with Gasteiger partial charge in [-0.25, -0.2) is 4.79 Å². The lowest BCUT2D eigenvalue weighted by molar-refractivity contribution is -0.149. The molecule has 0 spiro atoms. The zero-order valence-corrected chi connectivity index (χ0v) is 17.4. The van der Waals surface area contributed by atoms with E-state index < -0.39 is 30.4 Å². The number of ether oxygens (including phenoxy) is 1. The minimum atomic E-state index is -4.69. The summed E-state index contributed by atoms with van der Waals surface area (Å²) in [5.74, 6) is -0.547. The van der Waals surface area contributed by atoms with Gasteiger partial charge in [0, 0.05) is 11.1 Å². The number of hydrogen-bond acceptors (Lipinski definition) is 5. The van der Waals surface area contributed by atoms with E-state index in [9.17, 15) is 18.1 Å². The summed E-state index contributed by atoms with van der Waals surface area (Å²) in [6.07, 6.45) is 1.43. The van der Waals surface area contributed by atoms with Crippen LogP contribution in [0.4, 0.5) is 8.78 Å². The second kappa shape index (κ2) is 9.09. The third-order valence-corrected chi connectivity index (χ3v) is 5.42. The summed E-state index contributed by atoms with van der Waals surface area (Å²) >= 11 is 0. The lowest BCUT2D eigenvalue weighted by Gasteiger charge is -2.26. The van der Waals surface area contributed by atoms with Crippen LogP contribution in [0.25, 0.3) is 6.08 Å². The first-order valence-electron chi connectivity index (χ1n) is 8.65. The number of carbonyl (C=O) groups excluding carboxylic acids is 1. The molecule has 152 valence electrons. The van der Waals surface area contributed by atoms with E-state index in [4.69, 9.17) is 13.8 Å². The van der Waals surface area contributed by atoms with Gasteiger partial charge in [0.2, 0.25) is 0 Å². The maximum Gasteiger partial charge on any atom is 0.404 e. The molecule has 1 rings (SSSR count). The van der Waals surface area contributed by atoms with Crippen molar-refractivity contribution in [3.63, 3.8) is 0 Å². The lowest BCUT2D eigenvalue weighted by Crippen LogP contribution is -2.24. The van der Waals surface area contributed by atoms with Crippen LogP contribution in [0, 0.1) is 0 Å². The third kappa shape index (κ3) is 6.23. The van der Waals surface area contributed by atoms with Crippen molar-refractivity contribution < 1.29 is 31.9 Å². The smallest absolute Gasteiger partial charge is 0.404 e. The summed E-state index contributed by atoms with van der Waals surface area (Å²) < 4.78 is 57.1. The number of rotatable bonds is 8. The van der Waals surface area contributed by atoms with Gasteiger partial charge < -0.3 is 13.8 Å². The predicted octanol–water partition coefficient (Wildman–Crippen LogP) is 5.75. The molecule has 1 aromatic rings. The van der Waals surface area contributed by atoms with E-state index >= 15 is 0 Å². The average molecular weight is 404 g/mol. The number of alkyl halides is 2. The van der Waals surface area contributed by atoms with Gasteiger partial charge in [-0.05, 0) is 59.2 Å². The van der Waals surface area contributed by atoms with Crippen molar-refractivity contribution in [2.24, 2.45) is 0 Å². The monoisotopic (exact) mass is 404 g/mol. The lowest BCUT2D eigenvalue weighted by atomic mass is 10.1. The molecule has 0 amide bonds. The molecule has 0 aliphatic carbocycles. The van der Waals surface area contributed by atoms with Gasteiger partial charge in [-0.2, -0.15) is 8.78 Å². The highest BCUT2D eigenvalue weighted by molar-refractivity contribution is 7.54. The molecule has 0 atom stereocenters. The van der Waals surface area contributed by atoms with Crippen molar-refractivity contribution in [2.45, 2.75) is 52.8 Å². The van der Waals surface area contributed by atoms with E-state index in [-0.39, 0.29) is 18.8 Å². The Hall–Kier alpha value is -1.56. The molecule has 0 aliphatic rings. The molecule has 0 radical (unpaired) electrons. The summed E-state index contributed by atoms with van der Waals surface area (Å²) in [5, 5.41) is 0. The van der Waals surface area contributed by atoms with Crippen LogP contribution in [0.5, 0.6) is 0 Å². The molecule has 0 unspecified atom stereocenters. The number of carbonyl (C=O) groups is 1. The molecule has 0 heterocycles. The fourth-order valence-corrected chi connectivity index (χ4v) is 3.71. The number of benzene rings is 1. The first kappa shape index (κ1) is 23.5. The molecule has 0 aliphatic heterocycles. The predicted molar refractivity (Wildman–Crippen MR) is 101 cm³/mol. The fraction of sp³-hybridized carbons (Fsp3) is 0.526. The van der Waals surface area contributed by atoms with E-state index in [1.807, 2.05) is 0 Å².